The number of fused-ring (bicyclic) bond motifs is 5. The Morgan fingerprint density at radius 1 is 0.857 bits per heavy atom. The molecular formula is C20H32O. The second kappa shape index (κ2) is 4.83. The van der Waals surface area contributed by atoms with Crippen molar-refractivity contribution >= 4 is 6.29 Å². The molecule has 0 N–H and O–H groups in total. The van der Waals surface area contributed by atoms with E-state index in [2.05, 4.69) is 13.8 Å². The average molecular weight is 288 g/mol. The summed E-state index contributed by atoms with van der Waals surface area (Å²) in [6.45, 7) is 5.13. The molecule has 1 heteroatoms. The van der Waals surface area contributed by atoms with Crippen molar-refractivity contribution in [2.24, 2.45) is 40.4 Å². The summed E-state index contributed by atoms with van der Waals surface area (Å²) in [6, 6.07) is 0. The van der Waals surface area contributed by atoms with Gasteiger partial charge < -0.3 is 4.79 Å². The zero-order chi connectivity index (χ0) is 14.7. The summed E-state index contributed by atoms with van der Waals surface area (Å²) in [5, 5.41) is 0. The lowest BCUT2D eigenvalue weighted by Gasteiger charge is -2.61. The number of hydrogen-bond donors (Lipinski definition) is 0. The summed E-state index contributed by atoms with van der Waals surface area (Å²) in [6.07, 6.45) is 15.3. The molecule has 4 fully saturated rings. The zero-order valence-electron chi connectivity index (χ0n) is 13.9. The van der Waals surface area contributed by atoms with Gasteiger partial charge in [0.1, 0.15) is 6.29 Å². The third-order valence-electron chi connectivity index (χ3n) is 8.63. The Bertz CT molecular complexity index is 430. The number of hydrogen-bond acceptors (Lipinski definition) is 1. The van der Waals surface area contributed by atoms with Crippen molar-refractivity contribution in [2.75, 3.05) is 0 Å². The number of rotatable bonds is 1. The van der Waals surface area contributed by atoms with Gasteiger partial charge >= 0.3 is 0 Å². The molecule has 4 aliphatic rings. The third-order valence-corrected chi connectivity index (χ3v) is 8.63. The topological polar surface area (TPSA) is 17.1 Å². The molecular weight excluding hydrogens is 256 g/mol. The maximum atomic E-state index is 11.8. The molecule has 4 saturated carbocycles. The molecule has 21 heavy (non-hydrogen) atoms. The second-order valence-electron chi connectivity index (χ2n) is 9.36. The summed E-state index contributed by atoms with van der Waals surface area (Å²) < 4.78 is 0. The van der Waals surface area contributed by atoms with Crippen LogP contribution in [0.2, 0.25) is 0 Å². The van der Waals surface area contributed by atoms with E-state index in [1.807, 2.05) is 0 Å². The van der Waals surface area contributed by atoms with Crippen LogP contribution in [-0.4, -0.2) is 6.29 Å². The SMILES string of the molecule is C[C@@]12CCC[C@H]1[C@@H]1CC(C=O)C3CCCC[C@]3(C)[C@H]1CC2. The fourth-order valence-electron chi connectivity index (χ4n) is 7.61. The van der Waals surface area contributed by atoms with Crippen LogP contribution in [0.5, 0.6) is 0 Å². The van der Waals surface area contributed by atoms with Gasteiger partial charge in [0, 0.05) is 5.92 Å². The van der Waals surface area contributed by atoms with Crippen LogP contribution in [0.4, 0.5) is 0 Å². The van der Waals surface area contributed by atoms with Crippen molar-refractivity contribution in [1.82, 2.24) is 0 Å². The van der Waals surface area contributed by atoms with Crippen LogP contribution in [0, 0.1) is 40.4 Å². The van der Waals surface area contributed by atoms with E-state index < -0.39 is 0 Å². The predicted molar refractivity (Wildman–Crippen MR) is 85.9 cm³/mol. The molecule has 0 bridgehead atoms. The number of carbonyl (C=O) groups is 1. The molecule has 0 aromatic heterocycles. The summed E-state index contributed by atoms with van der Waals surface area (Å²) in [4.78, 5) is 11.8. The van der Waals surface area contributed by atoms with Crippen LogP contribution in [0.3, 0.4) is 0 Å². The van der Waals surface area contributed by atoms with Crippen molar-refractivity contribution in [3.63, 3.8) is 0 Å². The molecule has 0 aliphatic heterocycles. The number of carbonyl (C=O) groups excluding carboxylic acids is 1. The highest BCUT2D eigenvalue weighted by Crippen LogP contribution is 2.67. The summed E-state index contributed by atoms with van der Waals surface area (Å²) in [5.74, 6) is 3.80. The van der Waals surface area contributed by atoms with Gasteiger partial charge in [0.05, 0.1) is 0 Å². The minimum atomic E-state index is 0.375. The highest BCUT2D eigenvalue weighted by Gasteiger charge is 2.59. The summed E-state index contributed by atoms with van der Waals surface area (Å²) in [5.41, 5.74) is 1.10. The van der Waals surface area contributed by atoms with Crippen LogP contribution in [0.15, 0.2) is 0 Å². The minimum Gasteiger partial charge on any atom is -0.303 e. The van der Waals surface area contributed by atoms with Crippen LogP contribution < -0.4 is 0 Å². The molecule has 4 rings (SSSR count). The first kappa shape index (κ1) is 14.3. The molecule has 0 aromatic rings. The van der Waals surface area contributed by atoms with E-state index >= 15 is 0 Å². The molecule has 0 radical (unpaired) electrons. The van der Waals surface area contributed by atoms with Crippen LogP contribution in [0.1, 0.15) is 78.1 Å². The lowest BCUT2D eigenvalue weighted by Crippen LogP contribution is -2.55. The maximum absolute atomic E-state index is 11.8. The monoisotopic (exact) mass is 288 g/mol. The standard InChI is InChI=1S/C20H32O/c1-19-9-5-7-17(19)15-12-14(13-21)16-6-3-4-10-20(16,2)18(15)8-11-19/h13-18H,3-12H2,1-2H3/t14?,15-,16?,17-,18-,19-,20-/m0/s1. The molecule has 0 amide bonds. The molecule has 0 spiro atoms. The predicted octanol–water partition coefficient (Wildman–Crippen LogP) is 5.23. The van der Waals surface area contributed by atoms with Crippen molar-refractivity contribution in [3.8, 4) is 0 Å². The van der Waals surface area contributed by atoms with Crippen LogP contribution >= 0.6 is 0 Å². The molecule has 1 nitrogen and oxygen atoms in total. The lowest BCUT2D eigenvalue weighted by atomic mass is 9.43. The van der Waals surface area contributed by atoms with Gasteiger partial charge in [0.2, 0.25) is 0 Å². The van der Waals surface area contributed by atoms with Crippen LogP contribution in [0.25, 0.3) is 0 Å². The highest BCUT2D eigenvalue weighted by atomic mass is 16.1. The van der Waals surface area contributed by atoms with Gasteiger partial charge in [0.15, 0.2) is 0 Å². The van der Waals surface area contributed by atoms with E-state index in [1.54, 1.807) is 0 Å². The van der Waals surface area contributed by atoms with Crippen molar-refractivity contribution in [1.29, 1.82) is 0 Å². The van der Waals surface area contributed by atoms with Crippen molar-refractivity contribution < 1.29 is 4.79 Å². The Labute approximate surface area is 130 Å². The maximum Gasteiger partial charge on any atom is 0.123 e. The van der Waals surface area contributed by atoms with E-state index in [0.29, 0.717) is 22.7 Å². The number of aldehydes is 1. The Balaban J connectivity index is 1.70. The minimum absolute atomic E-state index is 0.375. The molecule has 4 aliphatic carbocycles. The van der Waals surface area contributed by atoms with E-state index in [1.165, 1.54) is 70.5 Å². The van der Waals surface area contributed by atoms with E-state index in [4.69, 9.17) is 0 Å². The van der Waals surface area contributed by atoms with Gasteiger partial charge in [-0.25, -0.2) is 0 Å². The molecule has 0 saturated heterocycles. The van der Waals surface area contributed by atoms with Gasteiger partial charge in [0.25, 0.3) is 0 Å². The van der Waals surface area contributed by atoms with Gasteiger partial charge in [-0.2, -0.15) is 0 Å². The first-order chi connectivity index (χ1) is 10.1. The first-order valence-electron chi connectivity index (χ1n) is 9.54. The molecule has 118 valence electrons. The van der Waals surface area contributed by atoms with E-state index in [0.717, 1.165) is 17.8 Å². The fraction of sp³-hybridized carbons (Fsp3) is 0.950. The first-order valence-corrected chi connectivity index (χ1v) is 9.54. The Kier molecular flexibility index (Phi) is 3.28. The summed E-state index contributed by atoms with van der Waals surface area (Å²) in [7, 11) is 0. The van der Waals surface area contributed by atoms with Gasteiger partial charge in [-0.3, -0.25) is 0 Å². The Hall–Kier alpha value is -0.330. The highest BCUT2D eigenvalue weighted by molar-refractivity contribution is 5.55. The van der Waals surface area contributed by atoms with E-state index in [-0.39, 0.29) is 0 Å². The molecule has 2 unspecified atom stereocenters. The average Bonchev–Trinajstić information content (AvgIpc) is 2.87. The third kappa shape index (κ3) is 1.91. The van der Waals surface area contributed by atoms with Gasteiger partial charge in [-0.15, -0.1) is 0 Å². The Morgan fingerprint density at radius 2 is 1.67 bits per heavy atom. The molecule has 0 heterocycles. The van der Waals surface area contributed by atoms with E-state index in [9.17, 15) is 4.79 Å². The van der Waals surface area contributed by atoms with Gasteiger partial charge in [-0.1, -0.05) is 33.1 Å². The van der Waals surface area contributed by atoms with Crippen molar-refractivity contribution in [3.05, 3.63) is 0 Å². The van der Waals surface area contributed by atoms with Crippen LogP contribution in [-0.2, 0) is 4.79 Å². The lowest BCUT2D eigenvalue weighted by molar-refractivity contribution is -0.142. The Morgan fingerprint density at radius 3 is 2.48 bits per heavy atom. The van der Waals surface area contributed by atoms with Gasteiger partial charge in [-0.05, 0) is 79.4 Å². The zero-order valence-corrected chi connectivity index (χ0v) is 13.9. The normalized spacial score (nSPS) is 56.2. The smallest absolute Gasteiger partial charge is 0.123 e. The fourth-order valence-corrected chi connectivity index (χ4v) is 7.61. The van der Waals surface area contributed by atoms with Crippen molar-refractivity contribution in [2.45, 2.75) is 78.1 Å². The quantitative estimate of drug-likeness (QED) is 0.603. The summed E-state index contributed by atoms with van der Waals surface area (Å²) >= 11 is 0. The molecule has 0 aromatic carbocycles. The second-order valence-corrected chi connectivity index (χ2v) is 9.36. The largest absolute Gasteiger partial charge is 0.303 e. The molecule has 7 atom stereocenters.